The van der Waals surface area contributed by atoms with Gasteiger partial charge in [0.15, 0.2) is 5.96 Å². The van der Waals surface area contributed by atoms with Crippen LogP contribution in [-0.4, -0.2) is 37.0 Å². The lowest BCUT2D eigenvalue weighted by Crippen LogP contribution is -2.37. The summed E-state index contributed by atoms with van der Waals surface area (Å²) in [6.45, 7) is 4.37. The summed E-state index contributed by atoms with van der Waals surface area (Å²) in [6, 6.07) is 7.23. The molecule has 0 atom stereocenters. The smallest absolute Gasteiger partial charge is 0.248 e. The van der Waals surface area contributed by atoms with E-state index in [0.29, 0.717) is 12.1 Å². The number of hydrogen-bond acceptors (Lipinski definition) is 3. The van der Waals surface area contributed by atoms with Gasteiger partial charge in [0.25, 0.3) is 0 Å². The van der Waals surface area contributed by atoms with Crippen LogP contribution in [0.25, 0.3) is 0 Å². The van der Waals surface area contributed by atoms with E-state index in [1.165, 1.54) is 12.2 Å². The summed E-state index contributed by atoms with van der Waals surface area (Å²) in [7, 11) is 0. The van der Waals surface area contributed by atoms with Gasteiger partial charge in [-0.1, -0.05) is 12.1 Å². The van der Waals surface area contributed by atoms with Crippen molar-refractivity contribution in [2.75, 3.05) is 25.1 Å². The van der Waals surface area contributed by atoms with Crippen molar-refractivity contribution in [1.82, 2.24) is 10.6 Å². The Morgan fingerprint density at radius 2 is 1.91 bits per heavy atom. The lowest BCUT2D eigenvalue weighted by Gasteiger charge is -2.11. The molecule has 0 aromatic heterocycles. The topological polar surface area (TPSA) is 79.5 Å². The van der Waals surface area contributed by atoms with Gasteiger partial charge in [0.2, 0.25) is 5.91 Å². The summed E-state index contributed by atoms with van der Waals surface area (Å²) in [5.74, 6) is 1.61. The second-order valence-corrected chi connectivity index (χ2v) is 5.87. The van der Waals surface area contributed by atoms with Crippen LogP contribution < -0.4 is 16.4 Å². The summed E-state index contributed by atoms with van der Waals surface area (Å²) in [5.41, 5.74) is 6.79. The molecule has 0 unspecified atom stereocenters. The summed E-state index contributed by atoms with van der Waals surface area (Å²) < 4.78 is 0. The predicted octanol–water partition coefficient (Wildman–Crippen LogP) is 2.60. The van der Waals surface area contributed by atoms with Crippen molar-refractivity contribution >= 4 is 47.6 Å². The summed E-state index contributed by atoms with van der Waals surface area (Å²) >= 11 is 1.87. The lowest BCUT2D eigenvalue weighted by atomic mass is 10.1. The fourth-order valence-electron chi connectivity index (χ4n) is 1.86. The van der Waals surface area contributed by atoms with Crippen LogP contribution in [0.4, 0.5) is 0 Å². The Hall–Kier alpha value is -0.960. The minimum atomic E-state index is -0.407. The molecule has 5 nitrogen and oxygen atoms in total. The van der Waals surface area contributed by atoms with Gasteiger partial charge in [-0.3, -0.25) is 4.79 Å². The third-order valence-corrected chi connectivity index (χ3v) is 3.77. The molecule has 0 fully saturated rings. The van der Waals surface area contributed by atoms with Gasteiger partial charge < -0.3 is 16.4 Å². The fraction of sp³-hybridized carbons (Fsp3) is 0.500. The van der Waals surface area contributed by atoms with E-state index in [4.69, 9.17) is 5.73 Å². The van der Waals surface area contributed by atoms with Crippen LogP contribution in [0.3, 0.4) is 0 Å². The molecule has 0 aliphatic rings. The van der Waals surface area contributed by atoms with Gasteiger partial charge in [-0.2, -0.15) is 11.8 Å². The molecule has 0 spiro atoms. The Labute approximate surface area is 160 Å². The van der Waals surface area contributed by atoms with E-state index >= 15 is 0 Å². The van der Waals surface area contributed by atoms with Crippen molar-refractivity contribution in [3.05, 3.63) is 35.4 Å². The van der Waals surface area contributed by atoms with Crippen LogP contribution in [0.15, 0.2) is 29.3 Å². The third kappa shape index (κ3) is 9.70. The molecule has 130 valence electrons. The van der Waals surface area contributed by atoms with E-state index < -0.39 is 5.91 Å². The molecular formula is C16H27IN4OS. The van der Waals surface area contributed by atoms with Crippen molar-refractivity contribution in [3.8, 4) is 0 Å². The Morgan fingerprint density at radius 1 is 1.22 bits per heavy atom. The fourth-order valence-corrected chi connectivity index (χ4v) is 2.36. The summed E-state index contributed by atoms with van der Waals surface area (Å²) in [5, 5.41) is 6.57. The number of carbonyl (C=O) groups excluding carboxylic acids is 1. The van der Waals surface area contributed by atoms with E-state index in [-0.39, 0.29) is 24.0 Å². The molecule has 0 bridgehead atoms. The van der Waals surface area contributed by atoms with Crippen LogP contribution in [0.2, 0.25) is 0 Å². The quantitative estimate of drug-likeness (QED) is 0.234. The molecule has 4 N–H and O–H groups in total. The standard InChI is InChI=1S/C16H26N4OS.HI/c1-3-18-16(19-10-4-5-11-22-2)20-12-13-6-8-14(9-7-13)15(17)21;/h6-9H,3-5,10-12H2,1-2H3,(H2,17,21)(H2,18,19,20);1H. The zero-order chi connectivity index (χ0) is 16.2. The number of amides is 1. The number of halogens is 1. The van der Waals surface area contributed by atoms with Gasteiger partial charge in [-0.15, -0.1) is 24.0 Å². The van der Waals surface area contributed by atoms with Crippen LogP contribution >= 0.6 is 35.7 Å². The summed E-state index contributed by atoms with van der Waals surface area (Å²) in [4.78, 5) is 15.6. The first-order valence-electron chi connectivity index (χ1n) is 7.57. The SMILES string of the molecule is CCNC(=NCc1ccc(C(N)=O)cc1)NCCCCSC.I. The van der Waals surface area contributed by atoms with E-state index in [1.54, 1.807) is 12.1 Å². The van der Waals surface area contributed by atoms with Crippen LogP contribution in [0, 0.1) is 0 Å². The molecule has 7 heteroatoms. The number of thioether (sulfide) groups is 1. The molecule has 1 rings (SSSR count). The van der Waals surface area contributed by atoms with E-state index in [0.717, 1.165) is 31.0 Å². The van der Waals surface area contributed by atoms with E-state index in [2.05, 4.69) is 21.9 Å². The highest BCUT2D eigenvalue weighted by Crippen LogP contribution is 2.05. The van der Waals surface area contributed by atoms with Gasteiger partial charge in [-0.05, 0) is 49.5 Å². The molecule has 1 aromatic carbocycles. The number of nitrogens with one attached hydrogen (secondary N) is 2. The second-order valence-electron chi connectivity index (χ2n) is 4.88. The number of aliphatic imine (C=N–C) groups is 1. The largest absolute Gasteiger partial charge is 0.366 e. The maximum Gasteiger partial charge on any atom is 0.248 e. The Morgan fingerprint density at radius 3 is 2.48 bits per heavy atom. The monoisotopic (exact) mass is 450 g/mol. The third-order valence-electron chi connectivity index (χ3n) is 3.07. The molecule has 0 aliphatic heterocycles. The first-order valence-corrected chi connectivity index (χ1v) is 8.96. The molecule has 0 radical (unpaired) electrons. The number of nitrogens with two attached hydrogens (primary N) is 1. The van der Waals surface area contributed by atoms with Crippen molar-refractivity contribution in [2.45, 2.75) is 26.3 Å². The van der Waals surface area contributed by atoms with E-state index in [1.807, 2.05) is 30.8 Å². The Balaban J connectivity index is 0.00000484. The second kappa shape index (κ2) is 13.5. The predicted molar refractivity (Wildman–Crippen MR) is 111 cm³/mol. The normalized spacial score (nSPS) is 10.8. The number of hydrogen-bond donors (Lipinski definition) is 3. The lowest BCUT2D eigenvalue weighted by molar-refractivity contribution is 0.100. The first kappa shape index (κ1) is 22.0. The molecule has 0 saturated carbocycles. The number of guanidine groups is 1. The van der Waals surface area contributed by atoms with Crippen LogP contribution in [-0.2, 0) is 6.54 Å². The maximum atomic E-state index is 11.0. The minimum absolute atomic E-state index is 0. The molecule has 0 heterocycles. The molecule has 0 saturated heterocycles. The number of benzene rings is 1. The number of carbonyl (C=O) groups is 1. The minimum Gasteiger partial charge on any atom is -0.366 e. The van der Waals surface area contributed by atoms with Crippen LogP contribution in [0.1, 0.15) is 35.7 Å². The zero-order valence-electron chi connectivity index (χ0n) is 13.8. The van der Waals surface area contributed by atoms with Crippen molar-refractivity contribution in [3.63, 3.8) is 0 Å². The van der Waals surface area contributed by atoms with Gasteiger partial charge >= 0.3 is 0 Å². The zero-order valence-corrected chi connectivity index (χ0v) is 16.9. The molecule has 1 aromatic rings. The number of primary amides is 1. The highest BCUT2D eigenvalue weighted by molar-refractivity contribution is 14.0. The van der Waals surface area contributed by atoms with Gasteiger partial charge in [0.05, 0.1) is 6.54 Å². The molecule has 0 aliphatic carbocycles. The molecule has 1 amide bonds. The number of nitrogens with zero attached hydrogens (tertiary/aromatic N) is 1. The number of rotatable bonds is 9. The highest BCUT2D eigenvalue weighted by atomic mass is 127. The van der Waals surface area contributed by atoms with Crippen molar-refractivity contribution < 1.29 is 4.79 Å². The van der Waals surface area contributed by atoms with E-state index in [9.17, 15) is 4.79 Å². The molecular weight excluding hydrogens is 423 g/mol. The average Bonchev–Trinajstić information content (AvgIpc) is 2.52. The average molecular weight is 450 g/mol. The first-order chi connectivity index (χ1) is 10.7. The van der Waals surface area contributed by atoms with Gasteiger partial charge in [0, 0.05) is 18.7 Å². The van der Waals surface area contributed by atoms with Gasteiger partial charge in [0.1, 0.15) is 0 Å². The molecule has 23 heavy (non-hydrogen) atoms. The Bertz CT molecular complexity index is 479. The van der Waals surface area contributed by atoms with Crippen molar-refractivity contribution in [1.29, 1.82) is 0 Å². The van der Waals surface area contributed by atoms with Gasteiger partial charge in [-0.25, -0.2) is 4.99 Å². The van der Waals surface area contributed by atoms with Crippen molar-refractivity contribution in [2.24, 2.45) is 10.7 Å². The summed E-state index contributed by atoms with van der Waals surface area (Å²) in [6.07, 6.45) is 4.48. The maximum absolute atomic E-state index is 11.0. The van der Waals surface area contributed by atoms with Crippen LogP contribution in [0.5, 0.6) is 0 Å². The Kier molecular flexibility index (Phi) is 12.9. The highest BCUT2D eigenvalue weighted by Gasteiger charge is 2.00. The number of unbranched alkanes of at least 4 members (excludes halogenated alkanes) is 1.